The van der Waals surface area contributed by atoms with E-state index in [1.807, 2.05) is 6.92 Å². The van der Waals surface area contributed by atoms with Gasteiger partial charge < -0.3 is 4.74 Å². The third-order valence-corrected chi connectivity index (χ3v) is 3.34. The molecule has 1 atom stereocenters. The molecule has 0 radical (unpaired) electrons. The molecule has 0 fully saturated rings. The predicted octanol–water partition coefficient (Wildman–Crippen LogP) is 3.04. The average Bonchev–Trinajstić information content (AvgIpc) is 2.67. The van der Waals surface area contributed by atoms with Gasteiger partial charge in [-0.1, -0.05) is 31.0 Å². The van der Waals surface area contributed by atoms with E-state index in [0.29, 0.717) is 23.6 Å². The van der Waals surface area contributed by atoms with Crippen molar-refractivity contribution in [1.82, 2.24) is 0 Å². The van der Waals surface area contributed by atoms with E-state index in [9.17, 15) is 9.59 Å². The highest BCUT2D eigenvalue weighted by atomic mass is 35.5. The van der Waals surface area contributed by atoms with Crippen LogP contribution in [0.3, 0.4) is 0 Å². The molecule has 18 heavy (non-hydrogen) atoms. The molecule has 0 N–H and O–H groups in total. The quantitative estimate of drug-likeness (QED) is 0.478. The summed E-state index contributed by atoms with van der Waals surface area (Å²) in [5, 5.41) is 0.516. The van der Waals surface area contributed by atoms with Crippen molar-refractivity contribution in [3.8, 4) is 0 Å². The number of benzene rings is 1. The van der Waals surface area contributed by atoms with Crippen molar-refractivity contribution < 1.29 is 14.3 Å². The van der Waals surface area contributed by atoms with Crippen LogP contribution in [0.1, 0.15) is 35.7 Å². The maximum Gasteiger partial charge on any atom is 0.317 e. The van der Waals surface area contributed by atoms with E-state index in [1.54, 1.807) is 18.2 Å². The standard InChI is InChI=1S/C14H15ClO3/c1-2-3-6-18-14(17)12-7-9-4-5-10(15)8-11(9)13(12)16/h4-5,8,12H,2-3,6-7H2,1H3. The highest BCUT2D eigenvalue weighted by Gasteiger charge is 2.36. The SMILES string of the molecule is CCCCOC(=O)C1Cc2ccc(Cl)cc2C1=O. The number of unbranched alkanes of at least 4 members (excludes halogenated alkanes) is 1. The molecule has 4 heteroatoms. The van der Waals surface area contributed by atoms with Gasteiger partial charge in [-0.15, -0.1) is 0 Å². The van der Waals surface area contributed by atoms with Crippen LogP contribution in [0.15, 0.2) is 18.2 Å². The van der Waals surface area contributed by atoms with E-state index in [0.717, 1.165) is 18.4 Å². The number of fused-ring (bicyclic) bond motifs is 1. The van der Waals surface area contributed by atoms with Crippen molar-refractivity contribution in [2.24, 2.45) is 5.92 Å². The third kappa shape index (κ3) is 2.56. The van der Waals surface area contributed by atoms with E-state index in [-0.39, 0.29) is 5.78 Å². The van der Waals surface area contributed by atoms with Crippen LogP contribution in [-0.4, -0.2) is 18.4 Å². The molecule has 0 heterocycles. The zero-order chi connectivity index (χ0) is 13.1. The molecule has 0 aromatic heterocycles. The number of carbonyl (C=O) groups excluding carboxylic acids is 2. The van der Waals surface area contributed by atoms with E-state index in [1.165, 1.54) is 0 Å². The summed E-state index contributed by atoms with van der Waals surface area (Å²) >= 11 is 5.85. The largest absolute Gasteiger partial charge is 0.465 e. The molecule has 3 nitrogen and oxygen atoms in total. The summed E-state index contributed by atoms with van der Waals surface area (Å²) in [6.45, 7) is 2.41. The number of Topliss-reactive ketones (excluding diaryl/α,β-unsaturated/α-hetero) is 1. The minimum atomic E-state index is -0.685. The van der Waals surface area contributed by atoms with Crippen LogP contribution in [0.5, 0.6) is 0 Å². The van der Waals surface area contributed by atoms with Crippen molar-refractivity contribution in [3.63, 3.8) is 0 Å². The lowest BCUT2D eigenvalue weighted by molar-refractivity contribution is -0.146. The van der Waals surface area contributed by atoms with Crippen molar-refractivity contribution in [2.75, 3.05) is 6.61 Å². The van der Waals surface area contributed by atoms with Gasteiger partial charge in [-0.3, -0.25) is 9.59 Å². The van der Waals surface area contributed by atoms with Crippen LogP contribution in [0.2, 0.25) is 5.02 Å². The fourth-order valence-corrected chi connectivity index (χ4v) is 2.24. The Hall–Kier alpha value is -1.35. The summed E-state index contributed by atoms with van der Waals surface area (Å²) in [6.07, 6.45) is 2.21. The molecule has 96 valence electrons. The molecule has 0 saturated carbocycles. The second-order valence-electron chi connectivity index (χ2n) is 4.44. The average molecular weight is 267 g/mol. The Kier molecular flexibility index (Phi) is 4.02. The third-order valence-electron chi connectivity index (χ3n) is 3.10. The van der Waals surface area contributed by atoms with Crippen molar-refractivity contribution in [2.45, 2.75) is 26.2 Å². The zero-order valence-electron chi connectivity index (χ0n) is 10.2. The first-order valence-corrected chi connectivity index (χ1v) is 6.50. The Morgan fingerprint density at radius 1 is 1.50 bits per heavy atom. The molecular formula is C14H15ClO3. The molecule has 1 aliphatic rings. The van der Waals surface area contributed by atoms with Crippen LogP contribution in [0, 0.1) is 5.92 Å². The predicted molar refractivity (Wildman–Crippen MR) is 68.8 cm³/mol. The van der Waals surface area contributed by atoms with Gasteiger partial charge in [-0.25, -0.2) is 0 Å². The maximum absolute atomic E-state index is 12.1. The van der Waals surface area contributed by atoms with Crippen molar-refractivity contribution in [1.29, 1.82) is 0 Å². The molecule has 0 spiro atoms. The number of ketones is 1. The van der Waals surface area contributed by atoms with E-state index in [2.05, 4.69) is 0 Å². The Bertz CT molecular complexity index is 482. The molecular weight excluding hydrogens is 252 g/mol. The molecule has 1 unspecified atom stereocenters. The first-order chi connectivity index (χ1) is 8.63. The molecule has 0 saturated heterocycles. The first-order valence-electron chi connectivity index (χ1n) is 6.12. The van der Waals surface area contributed by atoms with Crippen molar-refractivity contribution in [3.05, 3.63) is 34.3 Å². The zero-order valence-corrected chi connectivity index (χ0v) is 11.0. The Morgan fingerprint density at radius 3 is 3.00 bits per heavy atom. The molecule has 0 bridgehead atoms. The number of halogens is 1. The lowest BCUT2D eigenvalue weighted by atomic mass is 10.1. The molecule has 1 aliphatic carbocycles. The number of hydrogen-bond donors (Lipinski definition) is 0. The van der Waals surface area contributed by atoms with Gasteiger partial charge in [0.15, 0.2) is 5.78 Å². The fourth-order valence-electron chi connectivity index (χ4n) is 2.06. The fraction of sp³-hybridized carbons (Fsp3) is 0.429. The second-order valence-corrected chi connectivity index (χ2v) is 4.88. The van der Waals surface area contributed by atoms with Gasteiger partial charge >= 0.3 is 5.97 Å². The maximum atomic E-state index is 12.1. The van der Waals surface area contributed by atoms with Gasteiger partial charge in [0.2, 0.25) is 0 Å². The summed E-state index contributed by atoms with van der Waals surface area (Å²) in [5.74, 6) is -1.27. The normalized spacial score (nSPS) is 17.7. The Labute approximate surface area is 111 Å². The number of rotatable bonds is 4. The van der Waals surface area contributed by atoms with Gasteiger partial charge in [0, 0.05) is 10.6 Å². The Morgan fingerprint density at radius 2 is 2.28 bits per heavy atom. The van der Waals surface area contributed by atoms with Crippen LogP contribution in [-0.2, 0) is 16.0 Å². The summed E-state index contributed by atoms with van der Waals surface area (Å²) < 4.78 is 5.11. The number of hydrogen-bond acceptors (Lipinski definition) is 3. The summed E-state index contributed by atoms with van der Waals surface area (Å²) in [7, 11) is 0. The van der Waals surface area contributed by atoms with E-state index < -0.39 is 11.9 Å². The highest BCUT2D eigenvalue weighted by Crippen LogP contribution is 2.29. The van der Waals surface area contributed by atoms with E-state index in [4.69, 9.17) is 16.3 Å². The molecule has 1 aromatic carbocycles. The Balaban J connectivity index is 2.07. The topological polar surface area (TPSA) is 43.4 Å². The molecule has 0 aliphatic heterocycles. The minimum Gasteiger partial charge on any atom is -0.465 e. The van der Waals surface area contributed by atoms with Crippen molar-refractivity contribution >= 4 is 23.4 Å². The van der Waals surface area contributed by atoms with Crippen LogP contribution in [0.4, 0.5) is 0 Å². The molecule has 0 amide bonds. The van der Waals surface area contributed by atoms with E-state index >= 15 is 0 Å². The van der Waals surface area contributed by atoms with Crippen LogP contribution in [0.25, 0.3) is 0 Å². The van der Waals surface area contributed by atoms with Gasteiger partial charge in [-0.2, -0.15) is 0 Å². The summed E-state index contributed by atoms with van der Waals surface area (Å²) in [5.41, 5.74) is 1.43. The van der Waals surface area contributed by atoms with Crippen LogP contribution >= 0.6 is 11.6 Å². The van der Waals surface area contributed by atoms with Gasteiger partial charge in [0.25, 0.3) is 0 Å². The smallest absolute Gasteiger partial charge is 0.317 e. The highest BCUT2D eigenvalue weighted by molar-refractivity contribution is 6.31. The number of esters is 1. The lowest BCUT2D eigenvalue weighted by Gasteiger charge is -2.07. The van der Waals surface area contributed by atoms with Crippen LogP contribution < -0.4 is 0 Å². The lowest BCUT2D eigenvalue weighted by Crippen LogP contribution is -2.23. The second kappa shape index (κ2) is 5.53. The van der Waals surface area contributed by atoms with Gasteiger partial charge in [0.05, 0.1) is 6.61 Å². The molecule has 2 rings (SSSR count). The molecule has 1 aromatic rings. The number of carbonyl (C=O) groups is 2. The minimum absolute atomic E-state index is 0.172. The van der Waals surface area contributed by atoms with Gasteiger partial charge in [0.1, 0.15) is 5.92 Å². The summed E-state index contributed by atoms with van der Waals surface area (Å²) in [6, 6.07) is 5.16. The first kappa shape index (κ1) is 13.1. The monoisotopic (exact) mass is 266 g/mol. The van der Waals surface area contributed by atoms with Gasteiger partial charge in [-0.05, 0) is 30.5 Å². The number of ether oxygens (including phenoxy) is 1. The summed E-state index contributed by atoms with van der Waals surface area (Å²) in [4.78, 5) is 23.9.